The van der Waals surface area contributed by atoms with Crippen molar-refractivity contribution < 1.29 is 74.1 Å². The second-order valence-corrected chi connectivity index (χ2v) is 6.53. The standard InChI is InChI=1S/C15H16N4O5S.K/c1-9-8-10(2)17-14(16-9)18-15(21)19-25(22,23)12-7-5-4-6-11(12)13(20)24-3;/h4-8H,1-3H3,(H2,16,17,18,19,21);/q;+1/p-1. The summed E-state index contributed by atoms with van der Waals surface area (Å²) in [5, 5.41) is 2.19. The molecule has 0 saturated heterocycles. The van der Waals surface area contributed by atoms with E-state index in [1.54, 1.807) is 19.9 Å². The second-order valence-electron chi connectivity index (χ2n) is 4.96. The number of hydrogen-bond acceptors (Lipinski definition) is 7. The molecule has 132 valence electrons. The SMILES string of the molecule is COC(=O)c1ccccc1S(=O)(=O)[N-]C(=O)Nc1nc(C)cc(C)n1.[K+]. The van der Waals surface area contributed by atoms with Crippen molar-refractivity contribution >= 4 is 28.0 Å². The maximum atomic E-state index is 12.3. The zero-order valence-corrected chi connectivity index (χ0v) is 18.6. The van der Waals surface area contributed by atoms with Crippen LogP contribution in [0, 0.1) is 13.8 Å². The molecule has 0 atom stereocenters. The number of anilines is 1. The van der Waals surface area contributed by atoms with E-state index in [9.17, 15) is 18.0 Å². The molecule has 2 amide bonds. The number of esters is 1. The third-order valence-corrected chi connectivity index (χ3v) is 4.29. The van der Waals surface area contributed by atoms with Gasteiger partial charge in [-0.15, -0.1) is 0 Å². The minimum Gasteiger partial charge on any atom is -0.465 e. The van der Waals surface area contributed by atoms with Crippen molar-refractivity contribution in [2.75, 3.05) is 12.4 Å². The van der Waals surface area contributed by atoms with Crippen molar-refractivity contribution in [3.63, 3.8) is 0 Å². The predicted molar refractivity (Wildman–Crippen MR) is 88.9 cm³/mol. The van der Waals surface area contributed by atoms with Crippen molar-refractivity contribution in [3.05, 3.63) is 52.0 Å². The summed E-state index contributed by atoms with van der Waals surface area (Å²) in [5.74, 6) is -0.921. The largest absolute Gasteiger partial charge is 1.00 e. The van der Waals surface area contributed by atoms with Crippen LogP contribution in [-0.2, 0) is 14.8 Å². The minimum atomic E-state index is -4.43. The van der Waals surface area contributed by atoms with E-state index in [-0.39, 0.29) is 62.9 Å². The van der Waals surface area contributed by atoms with E-state index in [0.717, 1.165) is 13.2 Å². The smallest absolute Gasteiger partial charge is 0.465 e. The van der Waals surface area contributed by atoms with Crippen molar-refractivity contribution in [2.24, 2.45) is 0 Å². The van der Waals surface area contributed by atoms with Crippen LogP contribution < -0.4 is 56.7 Å². The van der Waals surface area contributed by atoms with E-state index in [1.165, 1.54) is 18.2 Å². The number of benzene rings is 1. The summed E-state index contributed by atoms with van der Waals surface area (Å²) in [5.41, 5.74) is 0.979. The molecule has 9 nitrogen and oxygen atoms in total. The molecule has 0 radical (unpaired) electrons. The number of carbonyl (C=O) groups is 2. The molecule has 0 aliphatic rings. The molecule has 0 saturated carbocycles. The van der Waals surface area contributed by atoms with Crippen LogP contribution in [0.2, 0.25) is 0 Å². The molecule has 1 aromatic carbocycles. The zero-order valence-electron chi connectivity index (χ0n) is 14.7. The molecule has 1 heterocycles. The number of amides is 2. The van der Waals surface area contributed by atoms with Gasteiger partial charge in [0.15, 0.2) is 6.03 Å². The Balaban J connectivity index is 0.00000338. The molecule has 1 aromatic heterocycles. The molecule has 0 fully saturated rings. The number of methoxy groups -OCH3 is 1. The van der Waals surface area contributed by atoms with Gasteiger partial charge in [0.25, 0.3) is 0 Å². The third-order valence-electron chi connectivity index (χ3n) is 2.97. The fourth-order valence-electron chi connectivity index (χ4n) is 2.03. The molecule has 11 heteroatoms. The second kappa shape index (κ2) is 9.53. The number of rotatable bonds is 4. The summed E-state index contributed by atoms with van der Waals surface area (Å²) in [6, 6.07) is 5.81. The van der Waals surface area contributed by atoms with Gasteiger partial charge in [-0.3, -0.25) is 4.79 Å². The molecule has 0 aliphatic heterocycles. The van der Waals surface area contributed by atoms with E-state index in [4.69, 9.17) is 0 Å². The molecule has 0 unspecified atom stereocenters. The van der Waals surface area contributed by atoms with Gasteiger partial charge in [0.1, 0.15) is 5.95 Å². The van der Waals surface area contributed by atoms with Crippen LogP contribution >= 0.6 is 0 Å². The summed E-state index contributed by atoms with van der Waals surface area (Å²) in [7, 11) is -3.31. The zero-order chi connectivity index (χ0) is 18.6. The van der Waals surface area contributed by atoms with Gasteiger partial charge < -0.3 is 14.8 Å². The number of carbonyl (C=O) groups excluding carboxylic acids is 2. The van der Waals surface area contributed by atoms with E-state index in [0.29, 0.717) is 11.4 Å². The Morgan fingerprint density at radius 1 is 1.12 bits per heavy atom. The molecular formula is C15H15KN4O5S. The monoisotopic (exact) mass is 402 g/mol. The van der Waals surface area contributed by atoms with E-state index >= 15 is 0 Å². The third kappa shape index (κ3) is 5.82. The number of nitrogens with zero attached hydrogens (tertiary/aromatic N) is 3. The summed E-state index contributed by atoms with van der Waals surface area (Å²) >= 11 is 0. The van der Waals surface area contributed by atoms with Gasteiger partial charge in [-0.1, -0.05) is 12.1 Å². The van der Waals surface area contributed by atoms with Crippen LogP contribution in [0.4, 0.5) is 10.7 Å². The van der Waals surface area contributed by atoms with Gasteiger partial charge in [0.2, 0.25) is 10.0 Å². The fourth-order valence-corrected chi connectivity index (χ4v) is 3.07. The number of aryl methyl sites for hydroxylation is 2. The van der Waals surface area contributed by atoms with Gasteiger partial charge in [-0.25, -0.2) is 23.2 Å². The number of ether oxygens (including phenoxy) is 1. The number of hydrogen-bond donors (Lipinski definition) is 1. The molecular weight excluding hydrogens is 387 g/mol. The maximum Gasteiger partial charge on any atom is 1.00 e. The topological polar surface area (TPSA) is 129 Å². The number of nitrogens with one attached hydrogen (secondary N) is 1. The van der Waals surface area contributed by atoms with Crippen molar-refractivity contribution in [2.45, 2.75) is 18.7 Å². The number of aromatic nitrogens is 2. The van der Waals surface area contributed by atoms with Crippen molar-refractivity contribution in [3.8, 4) is 0 Å². The average Bonchev–Trinajstić information content (AvgIpc) is 2.52. The normalized spacial score (nSPS) is 10.4. The van der Waals surface area contributed by atoms with E-state index in [2.05, 4.69) is 24.7 Å². The Kier molecular flexibility index (Phi) is 8.31. The van der Waals surface area contributed by atoms with Gasteiger partial charge in [-0.2, -0.15) is 0 Å². The first-order valence-electron chi connectivity index (χ1n) is 7.01. The first-order valence-corrected chi connectivity index (χ1v) is 8.45. The Bertz CT molecular complexity index is 913. The maximum absolute atomic E-state index is 12.3. The van der Waals surface area contributed by atoms with Crippen LogP contribution in [0.3, 0.4) is 0 Å². The van der Waals surface area contributed by atoms with E-state index in [1.807, 2.05) is 0 Å². The predicted octanol–water partition coefficient (Wildman–Crippen LogP) is -0.821. The summed E-state index contributed by atoms with van der Waals surface area (Å²) < 4.78 is 32.3. The van der Waals surface area contributed by atoms with Crippen LogP contribution in [0.1, 0.15) is 21.7 Å². The first-order chi connectivity index (χ1) is 11.7. The Morgan fingerprint density at radius 3 is 2.27 bits per heavy atom. The molecule has 2 rings (SSSR count). The number of urea groups is 1. The first kappa shape index (κ1) is 22.7. The van der Waals surface area contributed by atoms with Crippen LogP contribution in [0.5, 0.6) is 0 Å². The minimum absolute atomic E-state index is 0. The molecule has 0 bridgehead atoms. The number of sulfonamides is 1. The van der Waals surface area contributed by atoms with Gasteiger partial charge in [0.05, 0.1) is 17.6 Å². The van der Waals surface area contributed by atoms with Crippen LogP contribution in [-0.4, -0.2) is 37.5 Å². The fraction of sp³-hybridized carbons (Fsp3) is 0.200. The van der Waals surface area contributed by atoms with E-state index < -0.39 is 26.9 Å². The average molecular weight is 402 g/mol. The molecule has 2 aromatic rings. The molecule has 0 spiro atoms. The summed E-state index contributed by atoms with van der Waals surface area (Å²) in [6.07, 6.45) is 0. The van der Waals surface area contributed by atoms with Gasteiger partial charge >= 0.3 is 57.4 Å². The van der Waals surface area contributed by atoms with Gasteiger partial charge in [-0.05, 0) is 32.0 Å². The Labute approximate surface area is 193 Å². The van der Waals surface area contributed by atoms with Gasteiger partial charge in [0, 0.05) is 11.4 Å². The van der Waals surface area contributed by atoms with Crippen molar-refractivity contribution in [1.29, 1.82) is 0 Å². The van der Waals surface area contributed by atoms with Crippen LogP contribution in [0.25, 0.3) is 4.72 Å². The summed E-state index contributed by atoms with van der Waals surface area (Å²) in [6.45, 7) is 3.40. The van der Waals surface area contributed by atoms with Crippen molar-refractivity contribution in [1.82, 2.24) is 9.97 Å². The summed E-state index contributed by atoms with van der Waals surface area (Å²) in [4.78, 5) is 31.1. The Morgan fingerprint density at radius 2 is 1.69 bits per heavy atom. The quantitative estimate of drug-likeness (QED) is 0.522. The Hall–Kier alpha value is -1.37. The molecule has 0 aliphatic carbocycles. The molecule has 26 heavy (non-hydrogen) atoms. The molecule has 1 N–H and O–H groups in total. The van der Waals surface area contributed by atoms with Crippen LogP contribution in [0.15, 0.2) is 35.2 Å².